The first-order valence-electron chi connectivity index (χ1n) is 12.2. The molecule has 3 aromatic rings. The van der Waals surface area contributed by atoms with Crippen LogP contribution in [0.5, 0.6) is 5.75 Å². The molecule has 2 amide bonds. The van der Waals surface area contributed by atoms with Crippen molar-refractivity contribution in [3.8, 4) is 16.9 Å². The van der Waals surface area contributed by atoms with Crippen LogP contribution in [0.1, 0.15) is 24.2 Å². The van der Waals surface area contributed by atoms with E-state index in [-0.39, 0.29) is 29.2 Å². The van der Waals surface area contributed by atoms with Crippen molar-refractivity contribution >= 4 is 17.6 Å². The standard InChI is InChI=1S/C26H29F3N8O3/c1-32-25(39)21(30)16-37(31)13-5-4-6-18-9-10-23(36-35-18)34-24(38)15-19-14-17(11-12-33-19)20-7-2-3-8-22(20)40-26(27,28)29/h2-3,7-12,14,16H,4-6,13,15,30-31H2,1H3,(H,32,39)(H,34,36,38)/b21-16-. The van der Waals surface area contributed by atoms with E-state index < -0.39 is 18.2 Å². The summed E-state index contributed by atoms with van der Waals surface area (Å²) in [4.78, 5) is 28.1. The third-order valence-corrected chi connectivity index (χ3v) is 5.46. The summed E-state index contributed by atoms with van der Waals surface area (Å²) in [6.07, 6.45) is -0.103. The van der Waals surface area contributed by atoms with Gasteiger partial charge in [-0.1, -0.05) is 18.2 Å². The number of alkyl halides is 3. The molecule has 0 saturated carbocycles. The average Bonchev–Trinajstić information content (AvgIpc) is 2.91. The maximum Gasteiger partial charge on any atom is 0.573 e. The number of aryl methyl sites for hydroxylation is 1. The average molecular weight is 559 g/mol. The molecule has 0 fully saturated rings. The number of aromatic nitrogens is 3. The zero-order valence-corrected chi connectivity index (χ0v) is 21.6. The van der Waals surface area contributed by atoms with Crippen LogP contribution in [-0.4, -0.2) is 52.0 Å². The lowest BCUT2D eigenvalue weighted by molar-refractivity contribution is -0.274. The molecule has 3 rings (SSSR count). The fourth-order valence-corrected chi connectivity index (χ4v) is 3.62. The lowest BCUT2D eigenvalue weighted by Gasteiger charge is -2.14. The van der Waals surface area contributed by atoms with Gasteiger partial charge in [0.05, 0.1) is 17.8 Å². The minimum atomic E-state index is -4.84. The number of para-hydroxylation sites is 1. The normalized spacial score (nSPS) is 11.6. The van der Waals surface area contributed by atoms with Gasteiger partial charge in [0.2, 0.25) is 5.91 Å². The number of pyridine rings is 1. The zero-order valence-electron chi connectivity index (χ0n) is 21.6. The van der Waals surface area contributed by atoms with Gasteiger partial charge < -0.3 is 26.1 Å². The van der Waals surface area contributed by atoms with Crippen LogP contribution in [0, 0.1) is 0 Å². The van der Waals surface area contributed by atoms with Gasteiger partial charge in [-0.25, -0.2) is 5.84 Å². The number of nitrogens with zero attached hydrogens (tertiary/aromatic N) is 4. The van der Waals surface area contributed by atoms with Gasteiger partial charge in [0, 0.05) is 31.6 Å². The number of unbranched alkanes of at least 4 members (excludes halogenated alkanes) is 1. The van der Waals surface area contributed by atoms with E-state index in [2.05, 4.69) is 30.6 Å². The Morgan fingerprint density at radius 3 is 2.55 bits per heavy atom. The van der Waals surface area contributed by atoms with Crippen LogP contribution in [0.2, 0.25) is 0 Å². The van der Waals surface area contributed by atoms with E-state index in [1.807, 2.05) is 0 Å². The van der Waals surface area contributed by atoms with Gasteiger partial charge in [-0.05, 0) is 55.2 Å². The summed E-state index contributed by atoms with van der Waals surface area (Å²) < 4.78 is 42.4. The third-order valence-electron chi connectivity index (χ3n) is 5.46. The number of hydrazine groups is 1. The third kappa shape index (κ3) is 9.54. The molecule has 0 aliphatic carbocycles. The molecular formula is C26H29F3N8O3. The Bertz CT molecular complexity index is 1330. The van der Waals surface area contributed by atoms with Gasteiger partial charge in [0.15, 0.2) is 5.82 Å². The number of ether oxygens (including phenoxy) is 1. The van der Waals surface area contributed by atoms with Crippen molar-refractivity contribution in [3.05, 3.63) is 78.0 Å². The second kappa shape index (κ2) is 13.9. The second-order valence-electron chi connectivity index (χ2n) is 8.57. The van der Waals surface area contributed by atoms with Gasteiger partial charge in [0.25, 0.3) is 5.91 Å². The first kappa shape index (κ1) is 29.8. The molecule has 1 aromatic carbocycles. The van der Waals surface area contributed by atoms with Gasteiger partial charge in [0.1, 0.15) is 11.4 Å². The number of rotatable bonds is 12. The minimum absolute atomic E-state index is 0.0119. The number of carbonyl (C=O) groups excluding carboxylic acids is 2. The van der Waals surface area contributed by atoms with E-state index in [0.29, 0.717) is 30.6 Å². The van der Waals surface area contributed by atoms with Gasteiger partial charge >= 0.3 is 6.36 Å². The Morgan fingerprint density at radius 2 is 1.85 bits per heavy atom. The maximum absolute atomic E-state index is 12.8. The molecule has 2 aromatic heterocycles. The molecule has 0 saturated heterocycles. The number of anilines is 1. The van der Waals surface area contributed by atoms with Crippen molar-refractivity contribution in [2.24, 2.45) is 11.6 Å². The van der Waals surface area contributed by atoms with E-state index in [9.17, 15) is 22.8 Å². The quantitative estimate of drug-likeness (QED) is 0.113. The molecule has 40 heavy (non-hydrogen) atoms. The van der Waals surface area contributed by atoms with Crippen LogP contribution in [0.3, 0.4) is 0 Å². The van der Waals surface area contributed by atoms with Crippen molar-refractivity contribution in [3.63, 3.8) is 0 Å². The van der Waals surface area contributed by atoms with E-state index in [0.717, 1.165) is 12.1 Å². The largest absolute Gasteiger partial charge is 0.573 e. The number of amides is 2. The lowest BCUT2D eigenvalue weighted by atomic mass is 10.0. The van der Waals surface area contributed by atoms with E-state index in [1.165, 1.54) is 54.8 Å². The fraction of sp³-hybridized carbons (Fsp3) is 0.269. The molecule has 0 aliphatic heterocycles. The van der Waals surface area contributed by atoms with Crippen LogP contribution >= 0.6 is 0 Å². The SMILES string of the molecule is CNC(=O)/C(N)=C/N(N)CCCCc1ccc(NC(=O)Cc2cc(-c3ccccc3OC(F)(F)F)ccn2)nn1. The summed E-state index contributed by atoms with van der Waals surface area (Å²) in [5, 5.41) is 14.5. The summed E-state index contributed by atoms with van der Waals surface area (Å²) in [5.74, 6) is 4.88. The molecule has 0 radical (unpaired) electrons. The smallest absolute Gasteiger partial charge is 0.405 e. The molecule has 14 heteroatoms. The Morgan fingerprint density at radius 1 is 1.07 bits per heavy atom. The molecule has 212 valence electrons. The summed E-state index contributed by atoms with van der Waals surface area (Å²) in [7, 11) is 1.47. The topological polar surface area (TPSA) is 161 Å². The molecular weight excluding hydrogens is 529 g/mol. The summed E-state index contributed by atoms with van der Waals surface area (Å²) >= 11 is 0. The monoisotopic (exact) mass is 558 g/mol. The summed E-state index contributed by atoms with van der Waals surface area (Å²) in [6.45, 7) is 0.482. The second-order valence-corrected chi connectivity index (χ2v) is 8.57. The molecule has 0 spiro atoms. The number of hydrogen-bond acceptors (Lipinski definition) is 9. The number of nitrogens with two attached hydrogens (primary N) is 2. The molecule has 0 bridgehead atoms. The van der Waals surface area contributed by atoms with Crippen LogP contribution in [0.25, 0.3) is 11.1 Å². The number of carbonyl (C=O) groups is 2. The highest BCUT2D eigenvalue weighted by Gasteiger charge is 2.32. The van der Waals surface area contributed by atoms with E-state index >= 15 is 0 Å². The summed E-state index contributed by atoms with van der Waals surface area (Å²) in [6, 6.07) is 12.2. The number of benzene rings is 1. The van der Waals surface area contributed by atoms with Gasteiger partial charge in [-0.3, -0.25) is 14.6 Å². The molecule has 0 unspecified atom stereocenters. The molecule has 11 nitrogen and oxygen atoms in total. The molecule has 6 N–H and O–H groups in total. The maximum atomic E-state index is 12.8. The first-order chi connectivity index (χ1) is 19.0. The predicted octanol–water partition coefficient (Wildman–Crippen LogP) is 2.66. The zero-order chi connectivity index (χ0) is 29.1. The first-order valence-corrected chi connectivity index (χ1v) is 12.2. The van der Waals surface area contributed by atoms with Crippen molar-refractivity contribution in [2.45, 2.75) is 32.0 Å². The van der Waals surface area contributed by atoms with Crippen LogP contribution in [0.15, 0.2) is 66.6 Å². The molecule has 0 atom stereocenters. The minimum Gasteiger partial charge on any atom is -0.405 e. The predicted molar refractivity (Wildman–Crippen MR) is 141 cm³/mol. The molecule has 0 aliphatic rings. The highest BCUT2D eigenvalue weighted by atomic mass is 19.4. The summed E-state index contributed by atoms with van der Waals surface area (Å²) in [5.41, 5.74) is 7.33. The Kier molecular flexibility index (Phi) is 10.4. The van der Waals surface area contributed by atoms with Gasteiger partial charge in [-0.15, -0.1) is 18.3 Å². The fourth-order valence-electron chi connectivity index (χ4n) is 3.62. The Balaban J connectivity index is 1.50. The lowest BCUT2D eigenvalue weighted by Crippen LogP contribution is -2.32. The number of likely N-dealkylation sites (N-methyl/N-ethyl adjacent to an activating group) is 1. The van der Waals surface area contributed by atoms with Crippen molar-refractivity contribution in [1.29, 1.82) is 0 Å². The van der Waals surface area contributed by atoms with Gasteiger partial charge in [-0.2, -0.15) is 5.10 Å². The number of hydrogen-bond donors (Lipinski definition) is 4. The van der Waals surface area contributed by atoms with Crippen LogP contribution in [-0.2, 0) is 22.4 Å². The van der Waals surface area contributed by atoms with Crippen LogP contribution < -0.4 is 26.9 Å². The Hall–Kier alpha value is -4.72. The highest BCUT2D eigenvalue weighted by Crippen LogP contribution is 2.33. The van der Waals surface area contributed by atoms with E-state index in [1.54, 1.807) is 18.2 Å². The number of halogens is 3. The molecule has 2 heterocycles. The van der Waals surface area contributed by atoms with E-state index in [4.69, 9.17) is 11.6 Å². The van der Waals surface area contributed by atoms with Crippen molar-refractivity contribution in [2.75, 3.05) is 18.9 Å². The highest BCUT2D eigenvalue weighted by molar-refractivity contribution is 5.92. The Labute approximate surface area is 228 Å². The van der Waals surface area contributed by atoms with Crippen molar-refractivity contribution in [1.82, 2.24) is 25.5 Å². The number of nitrogens with one attached hydrogen (secondary N) is 2. The van der Waals surface area contributed by atoms with Crippen molar-refractivity contribution < 1.29 is 27.5 Å². The van der Waals surface area contributed by atoms with Crippen LogP contribution in [0.4, 0.5) is 19.0 Å².